The van der Waals surface area contributed by atoms with Crippen LogP contribution in [-0.4, -0.2) is 40.5 Å². The van der Waals surface area contributed by atoms with E-state index in [9.17, 15) is 14.3 Å². The summed E-state index contributed by atoms with van der Waals surface area (Å²) in [4.78, 5) is 10.5. The van der Waals surface area contributed by atoms with E-state index in [1.54, 1.807) is 0 Å². The lowest BCUT2D eigenvalue weighted by molar-refractivity contribution is -0.141. The Bertz CT molecular complexity index is 223. The van der Waals surface area contributed by atoms with Crippen molar-refractivity contribution in [3.05, 3.63) is 0 Å². The van der Waals surface area contributed by atoms with Crippen LogP contribution in [0.15, 0.2) is 0 Å². The molecule has 0 aromatic carbocycles. The number of carboxylic acid groups (broad SMARTS) is 1. The van der Waals surface area contributed by atoms with E-state index in [1.165, 1.54) is 0 Å². The van der Waals surface area contributed by atoms with Crippen molar-refractivity contribution in [1.29, 1.82) is 0 Å². The van der Waals surface area contributed by atoms with Gasteiger partial charge in [0.15, 0.2) is 0 Å². The molecule has 1 aliphatic carbocycles. The van der Waals surface area contributed by atoms with Crippen LogP contribution in [0, 0.1) is 5.92 Å². The first-order valence-electron chi connectivity index (χ1n) is 3.92. The van der Waals surface area contributed by atoms with Crippen LogP contribution in [0.5, 0.6) is 0 Å². The quantitative estimate of drug-likeness (QED) is 0.484. The van der Waals surface area contributed by atoms with Gasteiger partial charge in [0.25, 0.3) is 0 Å². The monoisotopic (exact) mass is 175 g/mol. The van der Waals surface area contributed by atoms with E-state index in [-0.39, 0.29) is 6.42 Å². The van der Waals surface area contributed by atoms with Crippen LogP contribution in [0.2, 0.25) is 0 Å². The molecule has 0 unspecified atom stereocenters. The summed E-state index contributed by atoms with van der Waals surface area (Å²) < 4.78 is 13.1. The van der Waals surface area contributed by atoms with Crippen molar-refractivity contribution in [3.63, 3.8) is 0 Å². The Morgan fingerprint density at radius 1 is 1.58 bits per heavy atom. The van der Waals surface area contributed by atoms with Gasteiger partial charge in [-0.25, -0.2) is 4.39 Å². The summed E-state index contributed by atoms with van der Waals surface area (Å²) in [6, 6.07) is -1.48. The number of carboxylic acids is 1. The first-order valence-corrected chi connectivity index (χ1v) is 3.92. The van der Waals surface area contributed by atoms with Crippen molar-refractivity contribution in [2.75, 3.05) is 0 Å². The molecule has 0 aromatic rings. The molecule has 4 nitrogen and oxygen atoms in total. The van der Waals surface area contributed by atoms with E-state index < -0.39 is 36.2 Å². The van der Waals surface area contributed by atoms with Crippen LogP contribution in [-0.2, 0) is 4.79 Å². The number of fused-ring (bicyclic) bond motifs is 2. The van der Waals surface area contributed by atoms with Gasteiger partial charge in [0.2, 0.25) is 0 Å². The van der Waals surface area contributed by atoms with Gasteiger partial charge in [0, 0.05) is 5.92 Å². The molecule has 0 amide bonds. The summed E-state index contributed by atoms with van der Waals surface area (Å²) in [7, 11) is 0. The molecular weight excluding hydrogens is 165 g/mol. The Hall–Kier alpha value is -0.680. The first kappa shape index (κ1) is 7.94. The molecule has 2 bridgehead atoms. The van der Waals surface area contributed by atoms with Crippen LogP contribution in [0.25, 0.3) is 0 Å². The Kier molecular flexibility index (Phi) is 1.59. The van der Waals surface area contributed by atoms with E-state index in [2.05, 4.69) is 5.32 Å². The van der Waals surface area contributed by atoms with Gasteiger partial charge in [0.05, 0.1) is 12.1 Å². The second-order valence-electron chi connectivity index (χ2n) is 3.42. The average molecular weight is 175 g/mol. The lowest BCUT2D eigenvalue weighted by Crippen LogP contribution is -2.47. The highest BCUT2D eigenvalue weighted by Crippen LogP contribution is 2.38. The molecule has 1 saturated heterocycles. The molecule has 0 radical (unpaired) electrons. The fourth-order valence-electron chi connectivity index (χ4n) is 2.14. The van der Waals surface area contributed by atoms with Gasteiger partial charge in [-0.2, -0.15) is 0 Å². The number of hydrogen-bond donors (Lipinski definition) is 3. The number of nitrogens with one attached hydrogen (secondary N) is 1. The molecule has 2 aliphatic rings. The predicted octanol–water partition coefficient (Wildman–Crippen LogP) is -0.870. The summed E-state index contributed by atoms with van der Waals surface area (Å²) >= 11 is 0. The molecule has 5 atom stereocenters. The summed E-state index contributed by atoms with van der Waals surface area (Å²) in [6.45, 7) is 0. The first-order chi connectivity index (χ1) is 5.61. The van der Waals surface area contributed by atoms with Gasteiger partial charge in [0.1, 0.15) is 12.2 Å². The third kappa shape index (κ3) is 0.864. The van der Waals surface area contributed by atoms with Crippen molar-refractivity contribution < 1.29 is 19.4 Å². The maximum Gasteiger partial charge on any atom is 0.321 e. The number of carbonyl (C=O) groups is 1. The second-order valence-corrected chi connectivity index (χ2v) is 3.42. The third-order valence-electron chi connectivity index (χ3n) is 2.75. The number of alkyl halides is 1. The molecule has 1 aliphatic heterocycles. The minimum absolute atomic E-state index is 0.260. The Morgan fingerprint density at radius 2 is 2.25 bits per heavy atom. The fraction of sp³-hybridized carbons (Fsp3) is 0.857. The number of rotatable bonds is 1. The maximum absolute atomic E-state index is 13.1. The Balaban J connectivity index is 2.16. The molecule has 1 saturated carbocycles. The lowest BCUT2D eigenvalue weighted by atomic mass is 9.99. The topological polar surface area (TPSA) is 69.6 Å². The van der Waals surface area contributed by atoms with Crippen molar-refractivity contribution in [2.24, 2.45) is 5.92 Å². The van der Waals surface area contributed by atoms with Crippen LogP contribution < -0.4 is 5.32 Å². The number of hydrogen-bond acceptors (Lipinski definition) is 3. The highest BCUT2D eigenvalue weighted by atomic mass is 19.1. The van der Waals surface area contributed by atoms with Crippen LogP contribution in [0.1, 0.15) is 6.42 Å². The lowest BCUT2D eigenvalue weighted by Gasteiger charge is -2.21. The minimum Gasteiger partial charge on any atom is -0.480 e. The molecule has 2 fully saturated rings. The minimum atomic E-state index is -1.21. The standard InChI is InChI=1S/C7H10FNO3/c8-4-2-1-3(10)6(4)9-5(2)7(11)12/h2-6,9-10H,1H2,(H,11,12)/t2-,3-,4-,5+,6+/m1/s1. The Labute approximate surface area is 68.4 Å². The summed E-state index contributed by atoms with van der Waals surface area (Å²) in [5.41, 5.74) is 0. The smallest absolute Gasteiger partial charge is 0.321 e. The van der Waals surface area contributed by atoms with E-state index in [0.29, 0.717) is 0 Å². The largest absolute Gasteiger partial charge is 0.480 e. The van der Waals surface area contributed by atoms with Crippen molar-refractivity contribution in [1.82, 2.24) is 5.32 Å². The summed E-state index contributed by atoms with van der Waals surface area (Å²) in [5.74, 6) is -1.58. The zero-order chi connectivity index (χ0) is 8.88. The van der Waals surface area contributed by atoms with Crippen molar-refractivity contribution >= 4 is 5.97 Å². The number of aliphatic hydroxyl groups is 1. The number of aliphatic carboxylic acids is 1. The highest BCUT2D eigenvalue weighted by molar-refractivity contribution is 5.75. The summed E-state index contributed by atoms with van der Waals surface area (Å²) in [5, 5.41) is 20.4. The van der Waals surface area contributed by atoms with Crippen LogP contribution in [0.3, 0.4) is 0 Å². The molecule has 12 heavy (non-hydrogen) atoms. The predicted molar refractivity (Wildman–Crippen MR) is 37.4 cm³/mol. The van der Waals surface area contributed by atoms with Crippen LogP contribution >= 0.6 is 0 Å². The van der Waals surface area contributed by atoms with Gasteiger partial charge in [-0.3, -0.25) is 10.1 Å². The zero-order valence-electron chi connectivity index (χ0n) is 6.27. The molecule has 2 rings (SSSR count). The SMILES string of the molecule is O=C(O)[C@H]1N[C@@H]2[C@H](F)[C@H]1C[C@H]2O. The average Bonchev–Trinajstić information content (AvgIpc) is 2.42. The number of aliphatic hydroxyl groups excluding tert-OH is 1. The van der Waals surface area contributed by atoms with E-state index in [0.717, 1.165) is 0 Å². The fourth-order valence-corrected chi connectivity index (χ4v) is 2.14. The van der Waals surface area contributed by atoms with Gasteiger partial charge in [-0.1, -0.05) is 0 Å². The Morgan fingerprint density at radius 3 is 2.58 bits per heavy atom. The maximum atomic E-state index is 13.1. The molecule has 5 heteroatoms. The molecule has 3 N–H and O–H groups in total. The third-order valence-corrected chi connectivity index (χ3v) is 2.75. The van der Waals surface area contributed by atoms with Gasteiger partial charge in [-0.15, -0.1) is 0 Å². The van der Waals surface area contributed by atoms with E-state index in [1.807, 2.05) is 0 Å². The van der Waals surface area contributed by atoms with Gasteiger partial charge >= 0.3 is 5.97 Å². The molecule has 1 heterocycles. The highest BCUT2D eigenvalue weighted by Gasteiger charge is 2.55. The number of piperidine rings is 1. The summed E-state index contributed by atoms with van der Waals surface area (Å²) in [6.07, 6.45) is -1.67. The normalized spacial score (nSPS) is 51.3. The van der Waals surface area contributed by atoms with Crippen molar-refractivity contribution in [2.45, 2.75) is 30.8 Å². The molecule has 68 valence electrons. The van der Waals surface area contributed by atoms with Crippen LogP contribution in [0.4, 0.5) is 4.39 Å². The number of halogens is 1. The van der Waals surface area contributed by atoms with Gasteiger partial charge < -0.3 is 10.2 Å². The molecular formula is C7H10FNO3. The second kappa shape index (κ2) is 2.40. The van der Waals surface area contributed by atoms with E-state index >= 15 is 0 Å². The van der Waals surface area contributed by atoms with Gasteiger partial charge in [-0.05, 0) is 6.42 Å². The zero-order valence-corrected chi connectivity index (χ0v) is 6.27. The van der Waals surface area contributed by atoms with E-state index in [4.69, 9.17) is 5.11 Å². The van der Waals surface area contributed by atoms with Crippen molar-refractivity contribution in [3.8, 4) is 0 Å². The molecule has 0 aromatic heterocycles. The molecule has 0 spiro atoms.